The maximum absolute atomic E-state index is 13.7. The first-order chi connectivity index (χ1) is 17.8. The van der Waals surface area contributed by atoms with Crippen LogP contribution in [0.2, 0.25) is 0 Å². The summed E-state index contributed by atoms with van der Waals surface area (Å²) in [6, 6.07) is 7.27. The number of rotatable bonds is 8. The molecular formula is C26H33N5O6. The summed E-state index contributed by atoms with van der Waals surface area (Å²) in [6.07, 6.45) is 0.989. The molecule has 2 aliphatic heterocycles. The van der Waals surface area contributed by atoms with Crippen LogP contribution in [0.5, 0.6) is 5.75 Å². The number of hydrogen-bond donors (Lipinski definition) is 5. The Morgan fingerprint density at radius 3 is 2.78 bits per heavy atom. The van der Waals surface area contributed by atoms with Gasteiger partial charge in [-0.3, -0.25) is 19.2 Å². The number of hydrogen-bond acceptors (Lipinski definition) is 6. The van der Waals surface area contributed by atoms with E-state index >= 15 is 0 Å². The highest BCUT2D eigenvalue weighted by molar-refractivity contribution is 6.00. The van der Waals surface area contributed by atoms with E-state index in [1.807, 2.05) is 18.2 Å². The van der Waals surface area contributed by atoms with E-state index < -0.39 is 35.9 Å². The zero-order valence-corrected chi connectivity index (χ0v) is 20.7. The van der Waals surface area contributed by atoms with Gasteiger partial charge in [0, 0.05) is 35.8 Å². The van der Waals surface area contributed by atoms with Crippen molar-refractivity contribution in [2.75, 3.05) is 20.2 Å². The molecule has 1 unspecified atom stereocenters. The molecule has 2 saturated heterocycles. The topological polar surface area (TPSA) is 167 Å². The van der Waals surface area contributed by atoms with Gasteiger partial charge in [0.25, 0.3) is 5.91 Å². The second-order valence-electron chi connectivity index (χ2n) is 10.3. The quantitative estimate of drug-likeness (QED) is 0.346. The maximum Gasteiger partial charge on any atom is 0.271 e. The Bertz CT molecular complexity index is 1230. The van der Waals surface area contributed by atoms with Crippen molar-refractivity contribution in [2.24, 2.45) is 29.4 Å². The highest BCUT2D eigenvalue weighted by Gasteiger charge is 2.48. The van der Waals surface area contributed by atoms with Gasteiger partial charge < -0.3 is 36.1 Å². The molecule has 5 rings (SSSR count). The summed E-state index contributed by atoms with van der Waals surface area (Å²) in [5, 5.41) is 16.9. The molecule has 3 fully saturated rings. The van der Waals surface area contributed by atoms with Crippen LogP contribution in [0.25, 0.3) is 10.9 Å². The molecule has 11 nitrogen and oxygen atoms in total. The first-order valence-electron chi connectivity index (χ1n) is 12.8. The summed E-state index contributed by atoms with van der Waals surface area (Å²) in [5.41, 5.74) is 6.49. The Kier molecular flexibility index (Phi) is 6.80. The van der Waals surface area contributed by atoms with Gasteiger partial charge in [0.1, 0.15) is 23.7 Å². The molecule has 0 bridgehead atoms. The fourth-order valence-electron chi connectivity index (χ4n) is 6.28. The number of carbonyl (C=O) groups is 4. The minimum Gasteiger partial charge on any atom is -0.496 e. The molecular weight excluding hydrogens is 478 g/mol. The van der Waals surface area contributed by atoms with Gasteiger partial charge in [-0.15, -0.1) is 0 Å². The lowest BCUT2D eigenvalue weighted by atomic mass is 9.87. The smallest absolute Gasteiger partial charge is 0.271 e. The predicted molar refractivity (Wildman–Crippen MR) is 133 cm³/mol. The molecule has 1 aliphatic carbocycles. The van der Waals surface area contributed by atoms with Gasteiger partial charge in [-0.05, 0) is 49.8 Å². The van der Waals surface area contributed by atoms with Crippen molar-refractivity contribution in [1.82, 2.24) is 20.5 Å². The number of ether oxygens (including phenoxy) is 1. The van der Waals surface area contributed by atoms with Crippen molar-refractivity contribution in [1.29, 1.82) is 0 Å². The number of methoxy groups -OCH3 is 1. The number of aromatic amines is 1. The third-order valence-corrected chi connectivity index (χ3v) is 8.23. The number of fused-ring (bicyclic) bond motifs is 2. The van der Waals surface area contributed by atoms with Crippen LogP contribution in [0.15, 0.2) is 24.3 Å². The molecule has 0 radical (unpaired) electrons. The van der Waals surface area contributed by atoms with Crippen LogP contribution in [-0.4, -0.2) is 71.1 Å². The van der Waals surface area contributed by atoms with E-state index in [0.29, 0.717) is 31.0 Å². The highest BCUT2D eigenvalue weighted by Crippen LogP contribution is 2.42. The molecule has 3 heterocycles. The first-order valence-corrected chi connectivity index (χ1v) is 12.8. The number of H-pyrrole nitrogens is 1. The fourth-order valence-corrected chi connectivity index (χ4v) is 6.28. The van der Waals surface area contributed by atoms with E-state index in [1.165, 1.54) is 0 Å². The number of aromatic nitrogens is 1. The summed E-state index contributed by atoms with van der Waals surface area (Å²) >= 11 is 0. The summed E-state index contributed by atoms with van der Waals surface area (Å²) in [5.74, 6) is -2.80. The second-order valence-corrected chi connectivity index (χ2v) is 10.3. The SMILES string of the molecule is COc1cccc2[nH]c(C(=O)N3C[C@@H]4CCC[C@@H]4[C@H]3NC(=O)[C@@H](C[C@H]3CCNC3=O)C(O)C(N)=O)cc12. The molecule has 1 aromatic heterocycles. The van der Waals surface area contributed by atoms with Gasteiger partial charge in [0.2, 0.25) is 17.7 Å². The Hall–Kier alpha value is -3.60. The Balaban J connectivity index is 1.40. The predicted octanol–water partition coefficient (Wildman–Crippen LogP) is 0.480. The summed E-state index contributed by atoms with van der Waals surface area (Å²) in [6.45, 7) is 0.976. The zero-order chi connectivity index (χ0) is 26.3. The van der Waals surface area contributed by atoms with E-state index in [4.69, 9.17) is 10.5 Å². The average Bonchev–Trinajstić information content (AvgIpc) is 3.66. The molecule has 3 aliphatic rings. The number of amides is 4. The number of primary amides is 1. The summed E-state index contributed by atoms with van der Waals surface area (Å²) in [4.78, 5) is 56.0. The van der Waals surface area contributed by atoms with Crippen molar-refractivity contribution >= 4 is 34.5 Å². The first kappa shape index (κ1) is 25.1. The van der Waals surface area contributed by atoms with Crippen LogP contribution in [-0.2, 0) is 14.4 Å². The third-order valence-electron chi connectivity index (χ3n) is 8.23. The van der Waals surface area contributed by atoms with Crippen LogP contribution >= 0.6 is 0 Å². The van der Waals surface area contributed by atoms with E-state index in [1.54, 1.807) is 18.1 Å². The summed E-state index contributed by atoms with van der Waals surface area (Å²) in [7, 11) is 1.57. The molecule has 6 atom stereocenters. The highest BCUT2D eigenvalue weighted by atomic mass is 16.5. The number of carbonyl (C=O) groups excluding carboxylic acids is 4. The minimum absolute atomic E-state index is 0.00164. The molecule has 4 amide bonds. The monoisotopic (exact) mass is 511 g/mol. The van der Waals surface area contributed by atoms with Gasteiger partial charge in [-0.1, -0.05) is 12.5 Å². The second kappa shape index (κ2) is 10.0. The standard InChI is InChI=1S/C26H33N5O6/c1-37-20-7-3-6-18-16(20)11-19(29-18)26(36)31-12-14-4-2-5-15(14)23(31)30-25(35)17(21(32)22(27)33)10-13-8-9-28-24(13)34/h3,6-7,11,13-15,17,21,23,29,32H,2,4-5,8-10,12H2,1H3,(H2,27,33)(H,28,34)(H,30,35)/t13-,14+,15+,17+,21?,23+/m1/s1. The maximum atomic E-state index is 13.7. The largest absolute Gasteiger partial charge is 0.496 e. The van der Waals surface area contributed by atoms with Gasteiger partial charge in [-0.2, -0.15) is 0 Å². The number of likely N-dealkylation sites (tertiary alicyclic amines) is 1. The molecule has 6 N–H and O–H groups in total. The van der Waals surface area contributed by atoms with Crippen molar-refractivity contribution in [3.05, 3.63) is 30.0 Å². The van der Waals surface area contributed by atoms with Crippen LogP contribution in [0, 0.1) is 23.7 Å². The lowest BCUT2D eigenvalue weighted by Gasteiger charge is -2.31. The van der Waals surface area contributed by atoms with E-state index in [9.17, 15) is 24.3 Å². The van der Waals surface area contributed by atoms with Gasteiger partial charge in [0.05, 0.1) is 13.0 Å². The van der Waals surface area contributed by atoms with Gasteiger partial charge in [-0.25, -0.2) is 0 Å². The zero-order valence-electron chi connectivity index (χ0n) is 20.7. The molecule has 0 spiro atoms. The lowest BCUT2D eigenvalue weighted by Crippen LogP contribution is -2.54. The molecule has 1 saturated carbocycles. The van der Waals surface area contributed by atoms with Crippen molar-refractivity contribution in [3.8, 4) is 5.75 Å². The number of benzene rings is 1. The Morgan fingerprint density at radius 1 is 1.27 bits per heavy atom. The summed E-state index contributed by atoms with van der Waals surface area (Å²) < 4.78 is 5.42. The van der Waals surface area contributed by atoms with Crippen molar-refractivity contribution in [2.45, 2.75) is 44.4 Å². The Morgan fingerprint density at radius 2 is 2.08 bits per heavy atom. The van der Waals surface area contributed by atoms with Crippen LogP contribution in [0.4, 0.5) is 0 Å². The van der Waals surface area contributed by atoms with Crippen molar-refractivity contribution < 1.29 is 29.0 Å². The fraction of sp³-hybridized carbons (Fsp3) is 0.538. The van der Waals surface area contributed by atoms with Crippen LogP contribution in [0.1, 0.15) is 42.6 Å². The molecule has 37 heavy (non-hydrogen) atoms. The van der Waals surface area contributed by atoms with E-state index in [2.05, 4.69) is 15.6 Å². The number of nitrogens with zero attached hydrogens (tertiary/aromatic N) is 1. The minimum atomic E-state index is -1.74. The number of aliphatic hydroxyl groups is 1. The van der Waals surface area contributed by atoms with Gasteiger partial charge >= 0.3 is 0 Å². The van der Waals surface area contributed by atoms with E-state index in [0.717, 1.165) is 30.2 Å². The van der Waals surface area contributed by atoms with Gasteiger partial charge in [0.15, 0.2) is 0 Å². The number of nitrogens with two attached hydrogens (primary N) is 1. The lowest BCUT2D eigenvalue weighted by molar-refractivity contribution is -0.140. The third kappa shape index (κ3) is 4.63. The molecule has 1 aromatic carbocycles. The Labute approximate surface area is 214 Å². The van der Waals surface area contributed by atoms with Crippen LogP contribution < -0.4 is 21.1 Å². The van der Waals surface area contributed by atoms with E-state index in [-0.39, 0.29) is 30.1 Å². The average molecular weight is 512 g/mol. The molecule has 198 valence electrons. The molecule has 2 aromatic rings. The molecule has 11 heteroatoms. The normalized spacial score (nSPS) is 26.5. The number of nitrogens with one attached hydrogen (secondary N) is 3. The number of aliphatic hydroxyl groups excluding tert-OH is 1. The van der Waals surface area contributed by atoms with Crippen molar-refractivity contribution in [3.63, 3.8) is 0 Å². The van der Waals surface area contributed by atoms with Crippen LogP contribution in [0.3, 0.4) is 0 Å².